The van der Waals surface area contributed by atoms with Gasteiger partial charge in [0.2, 0.25) is 5.91 Å². The first-order valence-electron chi connectivity index (χ1n) is 12.4. The third kappa shape index (κ3) is 4.95. The van der Waals surface area contributed by atoms with Gasteiger partial charge in [-0.3, -0.25) is 14.6 Å². The Bertz CT molecular complexity index is 802. The van der Waals surface area contributed by atoms with Gasteiger partial charge in [-0.05, 0) is 58.4 Å². The summed E-state index contributed by atoms with van der Waals surface area (Å²) >= 11 is 0. The van der Waals surface area contributed by atoms with Crippen LogP contribution in [0.1, 0.15) is 64.9 Å². The molecule has 1 saturated carbocycles. The van der Waals surface area contributed by atoms with Gasteiger partial charge in [0.15, 0.2) is 0 Å². The summed E-state index contributed by atoms with van der Waals surface area (Å²) in [5.41, 5.74) is -0.371. The quantitative estimate of drug-likeness (QED) is 0.706. The van der Waals surface area contributed by atoms with Crippen molar-refractivity contribution >= 4 is 12.0 Å². The SMILES string of the molecule is CC(C)(C)OC(=O)N1CCC[C@]1(Cc1ccccc1)C(=O)N1CCCN(C2CCC2)CC1. The van der Waals surface area contributed by atoms with Crippen LogP contribution in [-0.2, 0) is 16.0 Å². The van der Waals surface area contributed by atoms with Crippen LogP contribution in [0.3, 0.4) is 0 Å². The van der Waals surface area contributed by atoms with Gasteiger partial charge >= 0.3 is 6.09 Å². The van der Waals surface area contributed by atoms with E-state index in [1.165, 1.54) is 19.3 Å². The second kappa shape index (κ2) is 9.42. The van der Waals surface area contributed by atoms with Crippen LogP contribution >= 0.6 is 0 Å². The molecule has 1 aliphatic carbocycles. The van der Waals surface area contributed by atoms with Crippen molar-refractivity contribution in [1.82, 2.24) is 14.7 Å². The molecule has 2 saturated heterocycles. The lowest BCUT2D eigenvalue weighted by molar-refractivity contribution is -0.142. The highest BCUT2D eigenvalue weighted by Gasteiger charge is 2.52. The van der Waals surface area contributed by atoms with E-state index in [0.29, 0.717) is 25.4 Å². The summed E-state index contributed by atoms with van der Waals surface area (Å²) in [6.07, 6.45) is 6.57. The summed E-state index contributed by atoms with van der Waals surface area (Å²) < 4.78 is 5.76. The van der Waals surface area contributed by atoms with E-state index in [2.05, 4.69) is 17.0 Å². The molecule has 3 fully saturated rings. The predicted molar refractivity (Wildman–Crippen MR) is 125 cm³/mol. The van der Waals surface area contributed by atoms with Crippen LogP contribution < -0.4 is 0 Å². The number of carbonyl (C=O) groups is 2. The van der Waals surface area contributed by atoms with Crippen molar-refractivity contribution in [1.29, 1.82) is 0 Å². The molecule has 3 aliphatic rings. The zero-order valence-electron chi connectivity index (χ0n) is 20.0. The van der Waals surface area contributed by atoms with Crippen LogP contribution in [0, 0.1) is 0 Å². The van der Waals surface area contributed by atoms with Crippen molar-refractivity contribution in [2.45, 2.75) is 82.9 Å². The Hall–Kier alpha value is -2.08. The largest absolute Gasteiger partial charge is 0.444 e. The van der Waals surface area contributed by atoms with Crippen molar-refractivity contribution in [3.05, 3.63) is 35.9 Å². The molecule has 1 atom stereocenters. The molecule has 0 N–H and O–H groups in total. The monoisotopic (exact) mass is 441 g/mol. The molecule has 6 heteroatoms. The Morgan fingerprint density at radius 1 is 0.969 bits per heavy atom. The fourth-order valence-electron chi connectivity index (χ4n) is 5.43. The molecular formula is C26H39N3O3. The minimum Gasteiger partial charge on any atom is -0.444 e. The predicted octanol–water partition coefficient (Wildman–Crippen LogP) is 4.09. The Labute approximate surface area is 192 Å². The van der Waals surface area contributed by atoms with Crippen molar-refractivity contribution < 1.29 is 14.3 Å². The first kappa shape index (κ1) is 23.1. The zero-order valence-corrected chi connectivity index (χ0v) is 20.0. The van der Waals surface area contributed by atoms with E-state index >= 15 is 0 Å². The number of rotatable bonds is 4. The molecule has 2 heterocycles. The van der Waals surface area contributed by atoms with E-state index in [-0.39, 0.29) is 12.0 Å². The number of carbonyl (C=O) groups excluding carboxylic acids is 2. The third-order valence-corrected chi connectivity index (χ3v) is 7.25. The number of amides is 2. The molecule has 1 aromatic carbocycles. The van der Waals surface area contributed by atoms with Crippen LogP contribution in [-0.4, -0.2) is 76.6 Å². The number of likely N-dealkylation sites (tertiary alicyclic amines) is 1. The molecule has 1 aromatic rings. The molecule has 6 nitrogen and oxygen atoms in total. The lowest BCUT2D eigenvalue weighted by Crippen LogP contribution is -2.60. The number of ether oxygens (including phenoxy) is 1. The maximum atomic E-state index is 14.2. The van der Waals surface area contributed by atoms with Crippen LogP contribution in [0.15, 0.2) is 30.3 Å². The smallest absolute Gasteiger partial charge is 0.411 e. The van der Waals surface area contributed by atoms with Crippen molar-refractivity contribution in [3.8, 4) is 0 Å². The van der Waals surface area contributed by atoms with E-state index < -0.39 is 11.1 Å². The molecule has 0 unspecified atom stereocenters. The third-order valence-electron chi connectivity index (χ3n) is 7.25. The molecule has 0 radical (unpaired) electrons. The lowest BCUT2D eigenvalue weighted by atomic mass is 9.86. The Kier molecular flexibility index (Phi) is 6.80. The highest BCUT2D eigenvalue weighted by molar-refractivity contribution is 5.91. The normalized spacial score (nSPS) is 25.3. The van der Waals surface area contributed by atoms with Crippen LogP contribution in [0.25, 0.3) is 0 Å². The first-order valence-corrected chi connectivity index (χ1v) is 12.4. The van der Waals surface area contributed by atoms with Gasteiger partial charge in [-0.25, -0.2) is 4.79 Å². The van der Waals surface area contributed by atoms with E-state index in [9.17, 15) is 9.59 Å². The summed E-state index contributed by atoms with van der Waals surface area (Å²) in [6, 6.07) is 10.8. The Morgan fingerprint density at radius 2 is 1.72 bits per heavy atom. The maximum absolute atomic E-state index is 14.2. The van der Waals surface area contributed by atoms with Gasteiger partial charge in [0.1, 0.15) is 11.1 Å². The minimum atomic E-state index is -0.866. The Balaban J connectivity index is 1.58. The number of hydrogen-bond donors (Lipinski definition) is 0. The molecular weight excluding hydrogens is 402 g/mol. The van der Waals surface area contributed by atoms with Gasteiger partial charge < -0.3 is 9.64 Å². The Morgan fingerprint density at radius 3 is 2.38 bits per heavy atom. The van der Waals surface area contributed by atoms with Gasteiger partial charge in [-0.15, -0.1) is 0 Å². The van der Waals surface area contributed by atoms with Crippen molar-refractivity contribution in [2.24, 2.45) is 0 Å². The van der Waals surface area contributed by atoms with Gasteiger partial charge in [0, 0.05) is 45.2 Å². The average molecular weight is 442 g/mol. The lowest BCUT2D eigenvalue weighted by Gasteiger charge is -2.41. The van der Waals surface area contributed by atoms with Crippen molar-refractivity contribution in [3.63, 3.8) is 0 Å². The summed E-state index contributed by atoms with van der Waals surface area (Å²) in [4.78, 5) is 33.8. The number of nitrogens with zero attached hydrogens (tertiary/aromatic N) is 3. The number of benzene rings is 1. The van der Waals surface area contributed by atoms with E-state index in [4.69, 9.17) is 4.74 Å². The standard InChI is InChI=1S/C26H39N3O3/c1-25(2,3)32-24(31)29-17-8-14-26(29,20-21-10-5-4-6-11-21)23(30)28-16-9-15-27(18-19-28)22-12-7-13-22/h4-6,10-11,22H,7-9,12-20H2,1-3H3/t26-/m0/s1. The van der Waals surface area contributed by atoms with Gasteiger partial charge in [0.05, 0.1) is 0 Å². The van der Waals surface area contributed by atoms with Crippen LogP contribution in [0.5, 0.6) is 0 Å². The molecule has 2 amide bonds. The summed E-state index contributed by atoms with van der Waals surface area (Å²) in [5.74, 6) is 0.0974. The second-order valence-corrected chi connectivity index (χ2v) is 10.7. The zero-order chi connectivity index (χ0) is 22.8. The highest BCUT2D eigenvalue weighted by atomic mass is 16.6. The van der Waals surface area contributed by atoms with Gasteiger partial charge in [-0.2, -0.15) is 0 Å². The molecule has 2 aliphatic heterocycles. The number of hydrogen-bond acceptors (Lipinski definition) is 4. The van der Waals surface area contributed by atoms with Gasteiger partial charge in [0.25, 0.3) is 0 Å². The maximum Gasteiger partial charge on any atom is 0.411 e. The topological polar surface area (TPSA) is 53.1 Å². The fraction of sp³-hybridized carbons (Fsp3) is 0.692. The van der Waals surface area contributed by atoms with Crippen LogP contribution in [0.2, 0.25) is 0 Å². The van der Waals surface area contributed by atoms with Gasteiger partial charge in [-0.1, -0.05) is 36.8 Å². The van der Waals surface area contributed by atoms with Crippen LogP contribution in [0.4, 0.5) is 4.79 Å². The molecule has 0 spiro atoms. The second-order valence-electron chi connectivity index (χ2n) is 10.7. The molecule has 32 heavy (non-hydrogen) atoms. The summed E-state index contributed by atoms with van der Waals surface area (Å²) in [5, 5.41) is 0. The summed E-state index contributed by atoms with van der Waals surface area (Å²) in [7, 11) is 0. The van der Waals surface area contributed by atoms with Crippen molar-refractivity contribution in [2.75, 3.05) is 32.7 Å². The molecule has 4 rings (SSSR count). The van der Waals surface area contributed by atoms with E-state index in [0.717, 1.165) is 44.6 Å². The van der Waals surface area contributed by atoms with E-state index in [1.807, 2.05) is 43.9 Å². The molecule has 176 valence electrons. The molecule has 0 aromatic heterocycles. The van der Waals surface area contributed by atoms with E-state index in [1.54, 1.807) is 4.90 Å². The first-order chi connectivity index (χ1) is 15.3. The minimum absolute atomic E-state index is 0.0974. The summed E-state index contributed by atoms with van der Waals surface area (Å²) in [6.45, 7) is 9.72. The molecule has 0 bridgehead atoms. The highest BCUT2D eigenvalue weighted by Crippen LogP contribution is 2.36. The average Bonchev–Trinajstić information content (AvgIpc) is 2.98. The fourth-order valence-corrected chi connectivity index (χ4v) is 5.43.